The molecule has 0 amide bonds. The van der Waals surface area contributed by atoms with Crippen LogP contribution in [0.4, 0.5) is 0 Å². The van der Waals surface area contributed by atoms with Gasteiger partial charge in [-0.25, -0.2) is 0 Å². The standard InChI is InChI=1S/C27H23NO2/c1-18-13-15-22-23(17-18)28-19(2)26(27(22)21-10-5-4-6-11-21)24(29)16-14-20-9-7-8-12-25(20)30-3/h4-17H,1-3H3/b16-14+. The van der Waals surface area contributed by atoms with E-state index in [4.69, 9.17) is 9.72 Å². The van der Waals surface area contributed by atoms with Crippen molar-refractivity contribution in [3.05, 3.63) is 101 Å². The lowest BCUT2D eigenvalue weighted by Crippen LogP contribution is -2.05. The number of carbonyl (C=O) groups is 1. The molecule has 0 aliphatic heterocycles. The van der Waals surface area contributed by atoms with E-state index in [-0.39, 0.29) is 5.78 Å². The lowest BCUT2D eigenvalue weighted by atomic mass is 9.91. The highest BCUT2D eigenvalue weighted by Gasteiger charge is 2.19. The van der Waals surface area contributed by atoms with Crippen LogP contribution in [0.1, 0.15) is 27.2 Å². The van der Waals surface area contributed by atoms with Gasteiger partial charge in [0, 0.05) is 22.2 Å². The van der Waals surface area contributed by atoms with Crippen LogP contribution in [0.25, 0.3) is 28.1 Å². The molecule has 4 aromatic rings. The molecule has 3 nitrogen and oxygen atoms in total. The Morgan fingerprint density at radius 1 is 0.933 bits per heavy atom. The minimum atomic E-state index is -0.0766. The monoisotopic (exact) mass is 393 g/mol. The maximum Gasteiger partial charge on any atom is 0.188 e. The fourth-order valence-electron chi connectivity index (χ4n) is 3.76. The average molecular weight is 393 g/mol. The lowest BCUT2D eigenvalue weighted by molar-refractivity contribution is 0.104. The van der Waals surface area contributed by atoms with Gasteiger partial charge in [-0.2, -0.15) is 0 Å². The minimum Gasteiger partial charge on any atom is -0.496 e. The predicted molar refractivity (Wildman–Crippen MR) is 123 cm³/mol. The highest BCUT2D eigenvalue weighted by Crippen LogP contribution is 2.34. The molecule has 3 aromatic carbocycles. The Balaban J connectivity index is 1.90. The number of rotatable bonds is 5. The van der Waals surface area contributed by atoms with Crippen LogP contribution < -0.4 is 4.74 Å². The molecular formula is C27H23NO2. The van der Waals surface area contributed by atoms with E-state index >= 15 is 0 Å². The minimum absolute atomic E-state index is 0.0766. The summed E-state index contributed by atoms with van der Waals surface area (Å²) in [6, 6.07) is 23.8. The third kappa shape index (κ3) is 3.74. The molecule has 0 atom stereocenters. The molecule has 0 saturated carbocycles. The van der Waals surface area contributed by atoms with Crippen molar-refractivity contribution < 1.29 is 9.53 Å². The third-order valence-corrected chi connectivity index (χ3v) is 5.18. The predicted octanol–water partition coefficient (Wildman–Crippen LogP) is 6.42. The van der Waals surface area contributed by atoms with E-state index in [0.29, 0.717) is 5.56 Å². The quantitative estimate of drug-likeness (QED) is 0.290. The van der Waals surface area contributed by atoms with Gasteiger partial charge in [0.2, 0.25) is 0 Å². The van der Waals surface area contributed by atoms with Gasteiger partial charge in [-0.1, -0.05) is 60.7 Å². The molecule has 0 saturated heterocycles. The summed E-state index contributed by atoms with van der Waals surface area (Å²) in [7, 11) is 1.63. The van der Waals surface area contributed by atoms with E-state index in [0.717, 1.165) is 44.6 Å². The fraction of sp³-hybridized carbons (Fsp3) is 0.111. The molecule has 0 aliphatic carbocycles. The second-order valence-corrected chi connectivity index (χ2v) is 7.27. The van der Waals surface area contributed by atoms with Gasteiger partial charge in [0.1, 0.15) is 5.75 Å². The Labute approximate surface area is 176 Å². The number of fused-ring (bicyclic) bond motifs is 1. The van der Waals surface area contributed by atoms with E-state index in [2.05, 4.69) is 18.2 Å². The largest absolute Gasteiger partial charge is 0.496 e. The van der Waals surface area contributed by atoms with Crippen LogP contribution in [0.2, 0.25) is 0 Å². The number of carbonyl (C=O) groups excluding carboxylic acids is 1. The number of nitrogens with zero attached hydrogens (tertiary/aromatic N) is 1. The topological polar surface area (TPSA) is 39.2 Å². The Kier molecular flexibility index (Phi) is 5.44. The molecule has 148 valence electrons. The van der Waals surface area contributed by atoms with Gasteiger partial charge in [0.25, 0.3) is 0 Å². The summed E-state index contributed by atoms with van der Waals surface area (Å²) >= 11 is 0. The molecule has 0 fully saturated rings. The van der Waals surface area contributed by atoms with Gasteiger partial charge in [-0.05, 0) is 49.3 Å². The van der Waals surface area contributed by atoms with Gasteiger partial charge in [0.05, 0.1) is 18.2 Å². The van der Waals surface area contributed by atoms with Crippen LogP contribution in [-0.2, 0) is 0 Å². The van der Waals surface area contributed by atoms with Gasteiger partial charge in [-0.3, -0.25) is 9.78 Å². The van der Waals surface area contributed by atoms with E-state index in [1.165, 1.54) is 0 Å². The first kappa shape index (κ1) is 19.6. The van der Waals surface area contributed by atoms with Crippen LogP contribution in [-0.4, -0.2) is 17.9 Å². The number of allylic oxidation sites excluding steroid dienone is 1. The van der Waals surface area contributed by atoms with Crippen LogP contribution in [0.15, 0.2) is 78.9 Å². The second kappa shape index (κ2) is 8.34. The van der Waals surface area contributed by atoms with Gasteiger partial charge in [0.15, 0.2) is 5.78 Å². The lowest BCUT2D eigenvalue weighted by Gasteiger charge is -2.14. The molecule has 3 heteroatoms. The number of hydrogen-bond acceptors (Lipinski definition) is 3. The fourth-order valence-corrected chi connectivity index (χ4v) is 3.76. The van der Waals surface area contributed by atoms with Crippen molar-refractivity contribution in [2.45, 2.75) is 13.8 Å². The number of aromatic nitrogens is 1. The molecule has 0 bridgehead atoms. The summed E-state index contributed by atoms with van der Waals surface area (Å²) < 4.78 is 5.39. The Morgan fingerprint density at radius 3 is 2.43 bits per heavy atom. The Bertz CT molecular complexity index is 1260. The average Bonchev–Trinajstić information content (AvgIpc) is 2.77. The Morgan fingerprint density at radius 2 is 1.67 bits per heavy atom. The molecule has 0 radical (unpaired) electrons. The second-order valence-electron chi connectivity index (χ2n) is 7.27. The maximum absolute atomic E-state index is 13.4. The van der Waals surface area contributed by atoms with Crippen LogP contribution >= 0.6 is 0 Å². The first-order chi connectivity index (χ1) is 14.6. The van der Waals surface area contributed by atoms with Crippen molar-refractivity contribution in [2.24, 2.45) is 0 Å². The maximum atomic E-state index is 13.4. The number of benzene rings is 3. The van der Waals surface area contributed by atoms with Gasteiger partial charge < -0.3 is 4.74 Å². The summed E-state index contributed by atoms with van der Waals surface area (Å²) in [5, 5.41) is 0.978. The normalized spacial score (nSPS) is 11.2. The molecule has 1 aromatic heterocycles. The summed E-state index contributed by atoms with van der Waals surface area (Å²) in [6.45, 7) is 3.95. The number of hydrogen-bond donors (Lipinski definition) is 0. The van der Waals surface area contributed by atoms with Gasteiger partial charge in [-0.15, -0.1) is 0 Å². The first-order valence-corrected chi connectivity index (χ1v) is 9.90. The highest BCUT2D eigenvalue weighted by atomic mass is 16.5. The molecule has 1 heterocycles. The van der Waals surface area contributed by atoms with Crippen LogP contribution in [0, 0.1) is 13.8 Å². The zero-order valence-corrected chi connectivity index (χ0v) is 17.3. The van der Waals surface area contributed by atoms with E-state index in [1.807, 2.05) is 68.4 Å². The summed E-state index contributed by atoms with van der Waals surface area (Å²) in [4.78, 5) is 18.1. The molecule has 0 N–H and O–H groups in total. The number of pyridine rings is 1. The molecular weight excluding hydrogens is 370 g/mol. The number of ether oxygens (including phenoxy) is 1. The van der Waals surface area contributed by atoms with Crippen LogP contribution in [0.5, 0.6) is 5.75 Å². The molecule has 30 heavy (non-hydrogen) atoms. The van der Waals surface area contributed by atoms with Crippen molar-refractivity contribution in [1.82, 2.24) is 4.98 Å². The zero-order valence-electron chi connectivity index (χ0n) is 17.3. The molecule has 0 aliphatic rings. The number of para-hydroxylation sites is 1. The third-order valence-electron chi connectivity index (χ3n) is 5.18. The van der Waals surface area contributed by atoms with E-state index in [1.54, 1.807) is 19.3 Å². The van der Waals surface area contributed by atoms with Crippen LogP contribution in [0.3, 0.4) is 0 Å². The molecule has 0 unspecified atom stereocenters. The SMILES string of the molecule is COc1ccccc1/C=C/C(=O)c1c(C)nc2cc(C)ccc2c1-c1ccccc1. The number of methoxy groups -OCH3 is 1. The summed E-state index contributed by atoms with van der Waals surface area (Å²) in [5.41, 5.74) is 6.18. The number of ketones is 1. The van der Waals surface area contributed by atoms with Crippen molar-refractivity contribution in [3.63, 3.8) is 0 Å². The zero-order chi connectivity index (χ0) is 21.1. The smallest absolute Gasteiger partial charge is 0.188 e. The summed E-state index contributed by atoms with van der Waals surface area (Å²) in [6.07, 6.45) is 3.41. The van der Waals surface area contributed by atoms with Crippen molar-refractivity contribution in [1.29, 1.82) is 0 Å². The van der Waals surface area contributed by atoms with Gasteiger partial charge >= 0.3 is 0 Å². The number of aryl methyl sites for hydroxylation is 2. The highest BCUT2D eigenvalue weighted by molar-refractivity contribution is 6.16. The van der Waals surface area contributed by atoms with Crippen molar-refractivity contribution in [3.8, 4) is 16.9 Å². The summed E-state index contributed by atoms with van der Waals surface area (Å²) in [5.74, 6) is 0.654. The van der Waals surface area contributed by atoms with Crippen molar-refractivity contribution >= 4 is 22.8 Å². The van der Waals surface area contributed by atoms with E-state index in [9.17, 15) is 4.79 Å². The first-order valence-electron chi connectivity index (χ1n) is 9.90. The van der Waals surface area contributed by atoms with E-state index < -0.39 is 0 Å². The molecule has 4 rings (SSSR count). The van der Waals surface area contributed by atoms with Crippen molar-refractivity contribution in [2.75, 3.05) is 7.11 Å². The molecule has 0 spiro atoms. The Hall–Kier alpha value is -3.72.